The highest BCUT2D eigenvalue weighted by atomic mass is 16.6. The molecule has 93 heavy (non-hydrogen) atoms. The number of rotatable bonds is 30. The molecule has 0 aromatic heterocycles. The number of nitrogens with zero attached hydrogens (tertiary/aromatic N) is 4. The fourth-order valence-electron chi connectivity index (χ4n) is 12.5. The summed E-state index contributed by atoms with van der Waals surface area (Å²) in [6, 6.07) is -2.04. The zero-order chi connectivity index (χ0) is 68.1. The van der Waals surface area contributed by atoms with Gasteiger partial charge in [-0.2, -0.15) is 0 Å². The van der Waals surface area contributed by atoms with Crippen molar-refractivity contribution >= 4 is 29.5 Å². The molecular weight excluding hydrogens is 1210 g/mol. The van der Waals surface area contributed by atoms with Gasteiger partial charge < -0.3 is 82.0 Å². The Morgan fingerprint density at radius 2 is 1.38 bits per heavy atom. The van der Waals surface area contributed by atoms with E-state index in [9.17, 15) is 39.7 Å². The highest BCUT2D eigenvalue weighted by Crippen LogP contribution is 2.39. The van der Waals surface area contributed by atoms with Crippen LogP contribution in [0.3, 0.4) is 0 Å². The van der Waals surface area contributed by atoms with Gasteiger partial charge in [0.05, 0.1) is 104 Å². The van der Waals surface area contributed by atoms with E-state index < -0.39 is 108 Å². The molecule has 3 heterocycles. The molecule has 0 unspecified atom stereocenters. The van der Waals surface area contributed by atoms with Gasteiger partial charge in [0.25, 0.3) is 11.7 Å². The first-order valence-electron chi connectivity index (χ1n) is 33.7. The van der Waals surface area contributed by atoms with E-state index in [1.165, 1.54) is 12.0 Å². The van der Waals surface area contributed by atoms with E-state index in [2.05, 4.69) is 15.3 Å². The number of aliphatic hydroxyl groups excluding tert-OH is 1. The lowest BCUT2D eigenvalue weighted by Crippen LogP contribution is -2.61. The minimum atomic E-state index is -2.47. The third-order valence-electron chi connectivity index (χ3n) is 18.0. The Labute approximate surface area is 552 Å². The predicted octanol–water partition coefficient (Wildman–Crippen LogP) is 8.16. The first-order chi connectivity index (χ1) is 44.7. The van der Waals surface area contributed by atoms with Gasteiger partial charge in [-0.25, -0.2) is 9.59 Å². The van der Waals surface area contributed by atoms with Crippen molar-refractivity contribution < 1.29 is 95.8 Å². The number of nitrogens with one attached hydrogen (secondary N) is 1. The SMILES string of the molecule is CCOCCOCCOCCOCCOCCOCCOCCNC(=O)O[C@@H]1CC[C@@H](C[C@@H](C)[C@@H]2C[C@H](N=[N+]=[N-])[C@H](C)/C=C(\C)[C@@H](O)[C@@H](OC)C(=O)[C@H](C)C[C@H](C)/C=C/C=C/C=C(\C)[C@@H](OC)C[C@@H]3CC[C@@H](C)[C@@](O)(O3)C(=O)C(=O)N3CCCC[C@H]3C(=O)O2)C[C@H]1OC. The number of hydrogen-bond acceptors (Lipinski definition) is 21. The minimum absolute atomic E-state index is 0.00169. The van der Waals surface area contributed by atoms with E-state index in [1.54, 1.807) is 34.1 Å². The molecule has 2 amide bonds. The van der Waals surface area contributed by atoms with Crippen molar-refractivity contribution in [1.29, 1.82) is 0 Å². The minimum Gasteiger partial charge on any atom is -0.461 e. The second-order valence-corrected chi connectivity index (χ2v) is 25.2. The first kappa shape index (κ1) is 80.7. The lowest BCUT2D eigenvalue weighted by atomic mass is 9.78. The highest BCUT2D eigenvalue weighted by molar-refractivity contribution is 6.39. The zero-order valence-corrected chi connectivity index (χ0v) is 57.5. The lowest BCUT2D eigenvalue weighted by Gasteiger charge is -2.43. The summed E-state index contributed by atoms with van der Waals surface area (Å²) in [5, 5.41) is 30.8. The largest absolute Gasteiger partial charge is 0.461 e. The van der Waals surface area contributed by atoms with Crippen molar-refractivity contribution in [3.05, 3.63) is 58.0 Å². The number of ether oxygens (including phenoxy) is 13. The Balaban J connectivity index is 1.42. The van der Waals surface area contributed by atoms with Crippen LogP contribution in [-0.4, -0.2) is 232 Å². The standard InChI is InChI=1S/C68H113N5O20/c1-12-84-28-29-86-32-33-88-36-37-90-39-38-89-35-34-87-31-30-85-27-25-70-67(79)92-57-24-22-53(43-60(57)82-10)42-49(5)59-45-55(71-72-69)48(4)41-51(7)62(75)63(83-11)61(74)50(6)40-46(2)18-14-13-15-19-47(3)58(81-9)44-54-23-21-52(8)68(80,93-54)64(76)65(77)73-26-17-16-20-56(73)66(78)91-59/h13-15,18-19,41,46,48-50,52-60,62-63,75,80H,12,16-17,20-40,42-45H2,1-11H3,(H,70,79)/b15-13+,18-14+,47-19+,51-41+/t46-,48-,49-,50-,52-,53+,54+,55+,56+,57-,58+,59+,60-,62-,63+,68-/m1/s1. The molecule has 0 aromatic rings. The van der Waals surface area contributed by atoms with Crippen LogP contribution in [0.4, 0.5) is 4.79 Å². The molecule has 3 N–H and O–H groups in total. The van der Waals surface area contributed by atoms with Gasteiger partial charge in [0.2, 0.25) is 5.79 Å². The molecule has 2 saturated heterocycles. The van der Waals surface area contributed by atoms with Gasteiger partial charge in [-0.3, -0.25) is 14.4 Å². The number of allylic oxidation sites excluding steroid dienone is 5. The van der Waals surface area contributed by atoms with Gasteiger partial charge in [0.1, 0.15) is 30.5 Å². The van der Waals surface area contributed by atoms with Crippen LogP contribution >= 0.6 is 0 Å². The number of fused-ring (bicyclic) bond motifs is 3. The summed E-state index contributed by atoms with van der Waals surface area (Å²) in [6.45, 7) is 21.4. The number of carbonyl (C=O) groups is 5. The Bertz CT molecular complexity index is 2390. The summed E-state index contributed by atoms with van der Waals surface area (Å²) in [7, 11) is 4.52. The number of ketones is 2. The van der Waals surface area contributed by atoms with Crippen LogP contribution < -0.4 is 5.32 Å². The molecule has 3 aliphatic heterocycles. The number of esters is 1. The van der Waals surface area contributed by atoms with Crippen molar-refractivity contribution in [2.24, 2.45) is 40.6 Å². The van der Waals surface area contributed by atoms with E-state index in [4.69, 9.17) is 61.6 Å². The van der Waals surface area contributed by atoms with Gasteiger partial charge in [-0.15, -0.1) is 0 Å². The van der Waals surface area contributed by atoms with Crippen LogP contribution in [-0.2, 0) is 80.8 Å². The van der Waals surface area contributed by atoms with Gasteiger partial charge in [-0.1, -0.05) is 76.2 Å². The van der Waals surface area contributed by atoms with Crippen LogP contribution in [0.15, 0.2) is 52.7 Å². The maximum Gasteiger partial charge on any atom is 0.407 e. The van der Waals surface area contributed by atoms with Crippen molar-refractivity contribution in [3.8, 4) is 0 Å². The Morgan fingerprint density at radius 3 is 1.97 bits per heavy atom. The number of alkyl carbamates (subject to hydrolysis) is 1. The molecule has 4 aliphatic rings. The molecule has 0 spiro atoms. The number of azide groups is 1. The molecule has 3 fully saturated rings. The van der Waals surface area contributed by atoms with E-state index in [0.29, 0.717) is 156 Å². The van der Waals surface area contributed by atoms with Gasteiger partial charge in [0, 0.05) is 70.2 Å². The summed E-state index contributed by atoms with van der Waals surface area (Å²) in [5.74, 6) is -7.90. The molecule has 530 valence electrons. The van der Waals surface area contributed by atoms with Gasteiger partial charge in [0.15, 0.2) is 5.78 Å². The topological polar surface area (TPSA) is 310 Å². The number of piperidine rings is 1. The van der Waals surface area contributed by atoms with Crippen LogP contribution in [0.2, 0.25) is 0 Å². The molecule has 1 aliphatic carbocycles. The molecular formula is C68H113N5O20. The number of cyclic esters (lactones) is 1. The first-order valence-corrected chi connectivity index (χ1v) is 33.7. The maximum absolute atomic E-state index is 14.8. The molecule has 25 heteroatoms. The monoisotopic (exact) mass is 1320 g/mol. The second-order valence-electron chi connectivity index (χ2n) is 25.2. The summed E-state index contributed by atoms with van der Waals surface area (Å²) in [5.41, 5.74) is 11.3. The van der Waals surface area contributed by atoms with Crippen LogP contribution in [0.5, 0.6) is 0 Å². The van der Waals surface area contributed by atoms with Crippen molar-refractivity contribution in [3.63, 3.8) is 0 Å². The summed E-state index contributed by atoms with van der Waals surface area (Å²) >= 11 is 0. The summed E-state index contributed by atoms with van der Waals surface area (Å²) < 4.78 is 74.4. The Morgan fingerprint density at radius 1 is 0.753 bits per heavy atom. The number of carbonyl (C=O) groups excluding carboxylic acids is 5. The van der Waals surface area contributed by atoms with E-state index in [1.807, 2.05) is 71.9 Å². The fraction of sp³-hybridized carbons (Fsp3) is 0.809. The van der Waals surface area contributed by atoms with Crippen LogP contribution in [0.1, 0.15) is 132 Å². The highest BCUT2D eigenvalue weighted by Gasteiger charge is 2.53. The molecule has 1 saturated carbocycles. The van der Waals surface area contributed by atoms with Gasteiger partial charge >= 0.3 is 12.1 Å². The van der Waals surface area contributed by atoms with Crippen molar-refractivity contribution in [1.82, 2.24) is 10.2 Å². The fourth-order valence-corrected chi connectivity index (χ4v) is 12.5. The number of amides is 2. The average molecular weight is 1320 g/mol. The Hall–Kier alpha value is -4.70. The molecule has 0 radical (unpaired) electrons. The van der Waals surface area contributed by atoms with Crippen molar-refractivity contribution in [2.45, 2.75) is 193 Å². The van der Waals surface area contributed by atoms with Gasteiger partial charge in [-0.05, 0) is 132 Å². The predicted molar refractivity (Wildman–Crippen MR) is 347 cm³/mol. The molecule has 2 bridgehead atoms. The van der Waals surface area contributed by atoms with E-state index in [0.717, 1.165) is 5.57 Å². The second kappa shape index (κ2) is 44.9. The molecule has 16 atom stereocenters. The number of methoxy groups -OCH3 is 3. The molecule has 25 nitrogen and oxygen atoms in total. The van der Waals surface area contributed by atoms with E-state index in [-0.39, 0.29) is 50.2 Å². The van der Waals surface area contributed by atoms with E-state index >= 15 is 0 Å². The lowest BCUT2D eigenvalue weighted by molar-refractivity contribution is -0.265. The number of hydrogen-bond donors (Lipinski definition) is 3. The summed E-state index contributed by atoms with van der Waals surface area (Å²) in [6.07, 6.45) is 10.2. The third kappa shape index (κ3) is 28.1. The Kier molecular flexibility index (Phi) is 39.0. The maximum atomic E-state index is 14.8. The smallest absolute Gasteiger partial charge is 0.407 e. The van der Waals surface area contributed by atoms with Crippen LogP contribution in [0, 0.1) is 35.5 Å². The molecule has 4 rings (SSSR count). The normalized spacial score (nSPS) is 32.4. The van der Waals surface area contributed by atoms with Crippen molar-refractivity contribution in [2.75, 3.05) is 127 Å². The average Bonchev–Trinajstić information content (AvgIpc) is 0.799. The summed E-state index contributed by atoms with van der Waals surface area (Å²) in [4.78, 5) is 75.3. The zero-order valence-electron chi connectivity index (χ0n) is 57.5. The number of aliphatic hydroxyl groups is 2. The van der Waals surface area contributed by atoms with Crippen LogP contribution in [0.25, 0.3) is 10.4 Å². The quantitative estimate of drug-likeness (QED) is 0.0116. The molecule has 0 aromatic carbocycles. The third-order valence-corrected chi connectivity index (χ3v) is 18.0. The number of Topliss-reactive ketones (excluding diaryl/α,β-unsaturated/α-hetero) is 2.